The number of aromatic nitrogens is 1. The smallest absolute Gasteiger partial charge is 0.408 e. The summed E-state index contributed by atoms with van der Waals surface area (Å²) in [7, 11) is 1.96. The predicted octanol–water partition coefficient (Wildman–Crippen LogP) is 3.57. The molecular weight excluding hydrogens is 434 g/mol. The molecule has 1 aliphatic rings. The Morgan fingerprint density at radius 3 is 2.59 bits per heavy atom. The van der Waals surface area contributed by atoms with Gasteiger partial charge in [-0.3, -0.25) is 4.79 Å². The summed E-state index contributed by atoms with van der Waals surface area (Å²) in [6, 6.07) is 14.6. The van der Waals surface area contributed by atoms with Gasteiger partial charge in [-0.1, -0.05) is 30.3 Å². The first-order chi connectivity index (χ1) is 16.2. The molecule has 0 unspecified atom stereocenters. The molecule has 2 heterocycles. The van der Waals surface area contributed by atoms with Crippen LogP contribution in [-0.2, 0) is 23.0 Å². The van der Waals surface area contributed by atoms with Gasteiger partial charge >= 0.3 is 6.09 Å². The number of carbonyl (C=O) groups is 2. The van der Waals surface area contributed by atoms with Crippen LogP contribution in [0, 0.1) is 0 Å². The lowest BCUT2D eigenvalue weighted by Crippen LogP contribution is -2.51. The van der Waals surface area contributed by atoms with Gasteiger partial charge in [0, 0.05) is 30.6 Å². The topological polar surface area (TPSA) is 90.8 Å². The molecule has 2 amide bonds. The summed E-state index contributed by atoms with van der Waals surface area (Å²) in [6.45, 7) is 5.92. The quantitative estimate of drug-likeness (QED) is 0.581. The monoisotopic (exact) mass is 465 g/mol. The third kappa shape index (κ3) is 5.62. The largest absolute Gasteiger partial charge is 0.486 e. The van der Waals surface area contributed by atoms with Crippen molar-refractivity contribution in [1.82, 2.24) is 15.2 Å². The second-order valence-corrected chi connectivity index (χ2v) is 9.43. The van der Waals surface area contributed by atoms with E-state index in [-0.39, 0.29) is 18.6 Å². The molecule has 0 spiro atoms. The first kappa shape index (κ1) is 23.5. The Morgan fingerprint density at radius 1 is 1.12 bits per heavy atom. The predicted molar refractivity (Wildman–Crippen MR) is 129 cm³/mol. The Labute approximate surface area is 199 Å². The van der Waals surface area contributed by atoms with Crippen molar-refractivity contribution in [3.8, 4) is 11.5 Å². The highest BCUT2D eigenvalue weighted by molar-refractivity contribution is 5.88. The van der Waals surface area contributed by atoms with Crippen LogP contribution < -0.4 is 20.1 Å². The minimum absolute atomic E-state index is 0.245. The minimum Gasteiger partial charge on any atom is -0.486 e. The molecule has 0 fully saturated rings. The summed E-state index contributed by atoms with van der Waals surface area (Å²) in [5, 5.41) is 6.69. The van der Waals surface area contributed by atoms with Crippen LogP contribution in [-0.4, -0.2) is 47.5 Å². The van der Waals surface area contributed by atoms with Gasteiger partial charge in [-0.2, -0.15) is 0 Å². The molecule has 1 aliphatic heterocycles. The molecule has 3 aromatic rings. The van der Waals surface area contributed by atoms with Gasteiger partial charge in [-0.25, -0.2) is 4.79 Å². The van der Waals surface area contributed by atoms with Crippen LogP contribution in [0.15, 0.2) is 54.7 Å². The van der Waals surface area contributed by atoms with E-state index in [2.05, 4.69) is 10.6 Å². The molecule has 2 atom stereocenters. The van der Waals surface area contributed by atoms with E-state index in [9.17, 15) is 9.59 Å². The second-order valence-electron chi connectivity index (χ2n) is 9.43. The highest BCUT2D eigenvalue weighted by Gasteiger charge is 2.28. The molecule has 4 rings (SSSR count). The molecule has 0 bridgehead atoms. The maximum absolute atomic E-state index is 13.2. The Kier molecular flexibility index (Phi) is 6.68. The molecular formula is C26H31N3O5. The van der Waals surface area contributed by atoms with E-state index in [0.717, 1.165) is 16.5 Å². The Hall–Kier alpha value is -3.68. The number of rotatable bonds is 6. The highest BCUT2D eigenvalue weighted by atomic mass is 16.6. The molecule has 2 aromatic carbocycles. The van der Waals surface area contributed by atoms with Crippen LogP contribution >= 0.6 is 0 Å². The third-order valence-electron chi connectivity index (χ3n) is 5.48. The number of aryl methyl sites for hydroxylation is 1. The van der Waals surface area contributed by atoms with E-state index in [1.165, 1.54) is 0 Å². The van der Waals surface area contributed by atoms with E-state index in [0.29, 0.717) is 24.5 Å². The molecule has 0 saturated carbocycles. The molecule has 180 valence electrons. The lowest BCUT2D eigenvalue weighted by Gasteiger charge is -2.27. The number of ether oxygens (including phenoxy) is 3. The van der Waals surface area contributed by atoms with Gasteiger partial charge in [0.1, 0.15) is 24.4 Å². The number of hydrogen-bond acceptors (Lipinski definition) is 5. The van der Waals surface area contributed by atoms with Crippen molar-refractivity contribution in [2.75, 3.05) is 13.2 Å². The first-order valence-electron chi connectivity index (χ1n) is 11.4. The average molecular weight is 466 g/mol. The fourth-order valence-electron chi connectivity index (χ4n) is 3.97. The van der Waals surface area contributed by atoms with Crippen molar-refractivity contribution in [1.29, 1.82) is 0 Å². The zero-order chi connectivity index (χ0) is 24.3. The van der Waals surface area contributed by atoms with Crippen LogP contribution in [0.25, 0.3) is 10.9 Å². The number of benzene rings is 2. The van der Waals surface area contributed by atoms with Gasteiger partial charge in [0.05, 0.1) is 6.54 Å². The number of carbonyl (C=O) groups excluding carboxylic acids is 2. The SMILES string of the molecule is Cn1cc(C[C@H](NC(=O)OC(C)(C)C)C(=O)NC[C@H]2COc3ccccc3O2)c2ccccc21. The van der Waals surface area contributed by atoms with Gasteiger partial charge in [-0.15, -0.1) is 0 Å². The lowest BCUT2D eigenvalue weighted by atomic mass is 10.0. The molecule has 0 radical (unpaired) electrons. The van der Waals surface area contributed by atoms with Crippen LogP contribution in [0.2, 0.25) is 0 Å². The fourth-order valence-corrected chi connectivity index (χ4v) is 3.97. The van der Waals surface area contributed by atoms with Gasteiger partial charge in [0.2, 0.25) is 5.91 Å². The maximum Gasteiger partial charge on any atom is 0.408 e. The maximum atomic E-state index is 13.2. The zero-order valence-electron chi connectivity index (χ0n) is 20.0. The summed E-state index contributed by atoms with van der Waals surface area (Å²) in [5.74, 6) is 1.01. The molecule has 8 nitrogen and oxygen atoms in total. The molecule has 2 N–H and O–H groups in total. The van der Waals surface area contributed by atoms with E-state index in [4.69, 9.17) is 14.2 Å². The van der Waals surface area contributed by atoms with Crippen molar-refractivity contribution in [3.05, 3.63) is 60.3 Å². The summed E-state index contributed by atoms with van der Waals surface area (Å²) < 4.78 is 19.1. The number of hydrogen-bond donors (Lipinski definition) is 2. The summed E-state index contributed by atoms with van der Waals surface area (Å²) in [6.07, 6.45) is 1.33. The number of nitrogens with zero attached hydrogens (tertiary/aromatic N) is 1. The van der Waals surface area contributed by atoms with Crippen LogP contribution in [0.1, 0.15) is 26.3 Å². The van der Waals surface area contributed by atoms with Crippen molar-refractivity contribution in [2.24, 2.45) is 7.05 Å². The number of nitrogens with one attached hydrogen (secondary N) is 2. The van der Waals surface area contributed by atoms with Gasteiger partial charge in [0.15, 0.2) is 11.5 Å². The molecule has 34 heavy (non-hydrogen) atoms. The van der Waals surface area contributed by atoms with E-state index >= 15 is 0 Å². The summed E-state index contributed by atoms with van der Waals surface area (Å²) in [5.41, 5.74) is 1.34. The fraction of sp³-hybridized carbons (Fsp3) is 0.385. The Balaban J connectivity index is 1.46. The number of amides is 2. The van der Waals surface area contributed by atoms with Crippen molar-refractivity contribution in [3.63, 3.8) is 0 Å². The van der Waals surface area contributed by atoms with Gasteiger partial charge in [-0.05, 0) is 44.5 Å². The van der Waals surface area contributed by atoms with E-state index in [1.807, 2.05) is 66.3 Å². The summed E-state index contributed by atoms with van der Waals surface area (Å²) in [4.78, 5) is 25.7. The van der Waals surface area contributed by atoms with E-state index in [1.54, 1.807) is 20.8 Å². The van der Waals surface area contributed by atoms with Gasteiger partial charge in [0.25, 0.3) is 0 Å². The molecule has 0 aliphatic carbocycles. The average Bonchev–Trinajstić information content (AvgIpc) is 3.11. The van der Waals surface area contributed by atoms with Crippen molar-refractivity contribution < 1.29 is 23.8 Å². The number of alkyl carbamates (subject to hydrolysis) is 1. The standard InChI is InChI=1S/C26H31N3O5/c1-26(2,3)34-25(31)28-20(13-17-15-29(4)21-10-6-5-9-19(17)21)24(30)27-14-18-16-32-22-11-7-8-12-23(22)33-18/h5-12,15,18,20H,13-14,16H2,1-4H3,(H,27,30)(H,28,31)/t18-,20-/m0/s1. The summed E-state index contributed by atoms with van der Waals surface area (Å²) >= 11 is 0. The van der Waals surface area contributed by atoms with Crippen molar-refractivity contribution in [2.45, 2.75) is 44.9 Å². The normalized spacial score (nSPS) is 16.1. The minimum atomic E-state index is -0.822. The second kappa shape index (κ2) is 9.67. The third-order valence-corrected chi connectivity index (χ3v) is 5.48. The zero-order valence-corrected chi connectivity index (χ0v) is 20.0. The Morgan fingerprint density at radius 2 is 1.82 bits per heavy atom. The first-order valence-corrected chi connectivity index (χ1v) is 11.4. The van der Waals surface area contributed by atoms with Crippen molar-refractivity contribution >= 4 is 22.9 Å². The molecule has 8 heteroatoms. The number of para-hydroxylation sites is 3. The van der Waals surface area contributed by atoms with Crippen LogP contribution in [0.4, 0.5) is 4.79 Å². The molecule has 0 saturated heterocycles. The number of fused-ring (bicyclic) bond motifs is 2. The lowest BCUT2D eigenvalue weighted by molar-refractivity contribution is -0.123. The Bertz CT molecular complexity index is 1180. The highest BCUT2D eigenvalue weighted by Crippen LogP contribution is 2.30. The van der Waals surface area contributed by atoms with Crippen LogP contribution in [0.5, 0.6) is 11.5 Å². The van der Waals surface area contributed by atoms with Gasteiger partial charge < -0.3 is 29.4 Å². The van der Waals surface area contributed by atoms with Crippen LogP contribution in [0.3, 0.4) is 0 Å². The van der Waals surface area contributed by atoms with E-state index < -0.39 is 17.7 Å². The molecule has 1 aromatic heterocycles.